The summed E-state index contributed by atoms with van der Waals surface area (Å²) in [6.45, 7) is 3.29. The third-order valence-corrected chi connectivity index (χ3v) is 3.98. The first-order valence-corrected chi connectivity index (χ1v) is 7.73. The molecule has 0 fully saturated rings. The van der Waals surface area contributed by atoms with Crippen molar-refractivity contribution in [3.63, 3.8) is 0 Å². The lowest BCUT2D eigenvalue weighted by Gasteiger charge is -2.17. The molecule has 1 aromatic carbocycles. The van der Waals surface area contributed by atoms with Gasteiger partial charge in [-0.1, -0.05) is 30.3 Å². The van der Waals surface area contributed by atoms with Crippen LogP contribution in [0.4, 0.5) is 0 Å². The van der Waals surface area contributed by atoms with E-state index < -0.39 is 11.9 Å². The number of carbonyl (C=O) groups is 2. The lowest BCUT2D eigenvalue weighted by molar-refractivity contribution is -0.142. The number of aryl methyl sites for hydroxylation is 1. The highest BCUT2D eigenvalue weighted by atomic mass is 16.4. The number of rotatable bonds is 7. The molecule has 0 radical (unpaired) electrons. The van der Waals surface area contributed by atoms with E-state index >= 15 is 0 Å². The van der Waals surface area contributed by atoms with Crippen LogP contribution in [0.15, 0.2) is 42.5 Å². The molecule has 1 aromatic heterocycles. The number of nitrogens with one attached hydrogen (secondary N) is 2. The van der Waals surface area contributed by atoms with E-state index in [2.05, 4.69) is 10.3 Å². The fourth-order valence-electron chi connectivity index (χ4n) is 2.29. The molecule has 1 heterocycles. The Labute approximate surface area is 135 Å². The van der Waals surface area contributed by atoms with Crippen molar-refractivity contribution in [2.45, 2.75) is 32.7 Å². The molecular formula is C18H22N2O3. The van der Waals surface area contributed by atoms with Crippen LogP contribution < -0.4 is 5.32 Å². The van der Waals surface area contributed by atoms with Crippen molar-refractivity contribution in [1.29, 1.82) is 0 Å². The number of carboxylic acid groups (broad SMARTS) is 1. The smallest absolute Gasteiger partial charge is 0.308 e. The predicted molar refractivity (Wildman–Crippen MR) is 89.0 cm³/mol. The number of H-pyrrole nitrogens is 1. The van der Waals surface area contributed by atoms with Crippen molar-refractivity contribution in [1.82, 2.24) is 10.3 Å². The fraction of sp³-hybridized carbons (Fsp3) is 0.333. The van der Waals surface area contributed by atoms with E-state index in [9.17, 15) is 9.59 Å². The van der Waals surface area contributed by atoms with Gasteiger partial charge in [-0.3, -0.25) is 9.59 Å². The lowest BCUT2D eigenvalue weighted by atomic mass is 10.0. The summed E-state index contributed by atoms with van der Waals surface area (Å²) in [5.74, 6) is -1.65. The molecule has 0 aliphatic rings. The number of hydrogen-bond donors (Lipinski definition) is 3. The molecule has 3 N–H and O–H groups in total. The Balaban J connectivity index is 1.86. The number of aromatic nitrogens is 1. The van der Waals surface area contributed by atoms with Crippen molar-refractivity contribution >= 4 is 11.9 Å². The number of hydrogen-bond acceptors (Lipinski definition) is 2. The summed E-state index contributed by atoms with van der Waals surface area (Å²) >= 11 is 0. The number of aromatic amines is 1. The van der Waals surface area contributed by atoms with Gasteiger partial charge in [0.2, 0.25) is 5.91 Å². The number of carbonyl (C=O) groups excluding carboxylic acids is 1. The maximum Gasteiger partial charge on any atom is 0.308 e. The van der Waals surface area contributed by atoms with E-state index in [-0.39, 0.29) is 11.9 Å². The molecule has 0 saturated heterocycles. The first kappa shape index (κ1) is 16.8. The second-order valence-corrected chi connectivity index (χ2v) is 5.75. The van der Waals surface area contributed by atoms with Gasteiger partial charge in [-0.25, -0.2) is 0 Å². The molecule has 0 aliphatic heterocycles. The Morgan fingerprint density at radius 3 is 2.48 bits per heavy atom. The van der Waals surface area contributed by atoms with E-state index in [0.717, 1.165) is 17.0 Å². The normalized spacial score (nSPS) is 13.3. The van der Waals surface area contributed by atoms with Crippen molar-refractivity contribution in [3.05, 3.63) is 48.2 Å². The van der Waals surface area contributed by atoms with Gasteiger partial charge in [0, 0.05) is 23.9 Å². The third kappa shape index (κ3) is 4.71. The van der Waals surface area contributed by atoms with Gasteiger partial charge in [-0.2, -0.15) is 0 Å². The maximum atomic E-state index is 11.9. The Morgan fingerprint density at radius 1 is 1.13 bits per heavy atom. The van der Waals surface area contributed by atoms with Gasteiger partial charge in [-0.15, -0.1) is 0 Å². The van der Waals surface area contributed by atoms with E-state index in [1.807, 2.05) is 42.5 Å². The van der Waals surface area contributed by atoms with E-state index in [1.54, 1.807) is 13.8 Å². The van der Waals surface area contributed by atoms with Gasteiger partial charge in [0.1, 0.15) is 0 Å². The minimum absolute atomic E-state index is 0.138. The van der Waals surface area contributed by atoms with Crippen molar-refractivity contribution in [2.24, 2.45) is 5.92 Å². The molecule has 23 heavy (non-hydrogen) atoms. The van der Waals surface area contributed by atoms with Gasteiger partial charge >= 0.3 is 5.97 Å². The maximum absolute atomic E-state index is 11.9. The fourth-order valence-corrected chi connectivity index (χ4v) is 2.29. The SMILES string of the molecule is CC(NC(=O)CCc1ccc(-c2ccccc2)[nH]1)C(C)C(=O)O. The highest BCUT2D eigenvalue weighted by Gasteiger charge is 2.20. The zero-order valence-corrected chi connectivity index (χ0v) is 13.4. The van der Waals surface area contributed by atoms with Gasteiger partial charge < -0.3 is 15.4 Å². The van der Waals surface area contributed by atoms with Gasteiger partial charge in [0.25, 0.3) is 0 Å². The van der Waals surface area contributed by atoms with Gasteiger partial charge in [-0.05, 0) is 38.0 Å². The lowest BCUT2D eigenvalue weighted by Crippen LogP contribution is -2.40. The molecule has 2 rings (SSSR count). The van der Waals surface area contributed by atoms with E-state index in [0.29, 0.717) is 12.8 Å². The van der Waals surface area contributed by atoms with Crippen LogP contribution in [0.1, 0.15) is 26.0 Å². The summed E-state index contributed by atoms with van der Waals surface area (Å²) in [5, 5.41) is 11.7. The molecule has 0 aliphatic carbocycles. The molecular weight excluding hydrogens is 292 g/mol. The zero-order valence-electron chi connectivity index (χ0n) is 13.4. The second-order valence-electron chi connectivity index (χ2n) is 5.75. The van der Waals surface area contributed by atoms with Crippen LogP contribution in [0.5, 0.6) is 0 Å². The summed E-state index contributed by atoms with van der Waals surface area (Å²) in [6.07, 6.45) is 0.915. The predicted octanol–water partition coefficient (Wildman–Crippen LogP) is 2.84. The van der Waals surface area contributed by atoms with Crippen LogP contribution in [0, 0.1) is 5.92 Å². The minimum Gasteiger partial charge on any atom is -0.481 e. The van der Waals surface area contributed by atoms with Crippen LogP contribution in [0.25, 0.3) is 11.3 Å². The Bertz CT molecular complexity index is 664. The number of amides is 1. The van der Waals surface area contributed by atoms with Crippen molar-refractivity contribution in [3.8, 4) is 11.3 Å². The van der Waals surface area contributed by atoms with Crippen LogP contribution in [0.3, 0.4) is 0 Å². The Kier molecular flexibility index (Phi) is 5.57. The molecule has 122 valence electrons. The molecule has 2 aromatic rings. The monoisotopic (exact) mass is 314 g/mol. The van der Waals surface area contributed by atoms with Crippen LogP contribution in [0.2, 0.25) is 0 Å². The van der Waals surface area contributed by atoms with E-state index in [4.69, 9.17) is 5.11 Å². The largest absolute Gasteiger partial charge is 0.481 e. The molecule has 0 spiro atoms. The summed E-state index contributed by atoms with van der Waals surface area (Å²) in [7, 11) is 0. The Morgan fingerprint density at radius 2 is 1.83 bits per heavy atom. The molecule has 0 bridgehead atoms. The summed E-state index contributed by atoms with van der Waals surface area (Å²) < 4.78 is 0. The quantitative estimate of drug-likeness (QED) is 0.735. The summed E-state index contributed by atoms with van der Waals surface area (Å²) in [5.41, 5.74) is 3.11. The van der Waals surface area contributed by atoms with Gasteiger partial charge in [0.15, 0.2) is 0 Å². The highest BCUT2D eigenvalue weighted by Crippen LogP contribution is 2.18. The first-order valence-electron chi connectivity index (χ1n) is 7.73. The molecule has 0 saturated carbocycles. The van der Waals surface area contributed by atoms with Gasteiger partial charge in [0.05, 0.1) is 5.92 Å². The average Bonchev–Trinajstić information content (AvgIpc) is 3.02. The molecule has 2 unspecified atom stereocenters. The topological polar surface area (TPSA) is 82.2 Å². The molecule has 5 nitrogen and oxygen atoms in total. The van der Waals surface area contributed by atoms with Crippen molar-refractivity contribution in [2.75, 3.05) is 0 Å². The molecule has 5 heteroatoms. The van der Waals surface area contributed by atoms with Crippen LogP contribution in [-0.4, -0.2) is 28.0 Å². The standard InChI is InChI=1S/C18H22N2O3/c1-12(18(22)23)13(2)19-17(21)11-9-15-8-10-16(20-15)14-6-4-3-5-7-14/h3-8,10,12-13,20H,9,11H2,1-2H3,(H,19,21)(H,22,23). The molecule has 1 amide bonds. The van der Waals surface area contributed by atoms with Crippen molar-refractivity contribution < 1.29 is 14.7 Å². The summed E-state index contributed by atoms with van der Waals surface area (Å²) in [6, 6.07) is 13.6. The van der Waals surface area contributed by atoms with Crippen LogP contribution >= 0.6 is 0 Å². The second kappa shape index (κ2) is 7.63. The number of carboxylic acids is 1. The number of benzene rings is 1. The minimum atomic E-state index is -0.908. The van der Waals surface area contributed by atoms with E-state index in [1.165, 1.54) is 0 Å². The number of aliphatic carboxylic acids is 1. The summed E-state index contributed by atoms with van der Waals surface area (Å²) in [4.78, 5) is 26.1. The average molecular weight is 314 g/mol. The highest BCUT2D eigenvalue weighted by molar-refractivity contribution is 5.78. The molecule has 2 atom stereocenters. The van der Waals surface area contributed by atoms with Crippen LogP contribution in [-0.2, 0) is 16.0 Å². The Hall–Kier alpha value is -2.56. The third-order valence-electron chi connectivity index (χ3n) is 3.98. The first-order chi connectivity index (χ1) is 11.0. The zero-order chi connectivity index (χ0) is 16.8.